The predicted octanol–water partition coefficient (Wildman–Crippen LogP) is 5.53. The van der Waals surface area contributed by atoms with Crippen LogP contribution in [0.15, 0.2) is 72.8 Å². The van der Waals surface area contributed by atoms with Gasteiger partial charge < -0.3 is 0 Å². The molecule has 1 aliphatic heterocycles. The second-order valence-corrected chi connectivity index (χ2v) is 7.98. The Balaban J connectivity index is 1.97. The van der Waals surface area contributed by atoms with E-state index >= 15 is 0 Å². The highest BCUT2D eigenvalue weighted by molar-refractivity contribution is 7.95. The van der Waals surface area contributed by atoms with E-state index in [9.17, 15) is 8.42 Å². The summed E-state index contributed by atoms with van der Waals surface area (Å²) in [6, 6.07) is 20.6. The second-order valence-electron chi connectivity index (χ2n) is 5.49. The average molecular weight is 391 g/mol. The highest BCUT2D eigenvalue weighted by Gasteiger charge is 2.42. The smallest absolute Gasteiger partial charge is 0.219 e. The first-order valence-corrected chi connectivity index (χ1v) is 9.59. The van der Waals surface area contributed by atoms with E-state index in [0.29, 0.717) is 32.8 Å². The van der Waals surface area contributed by atoms with Gasteiger partial charge >= 0.3 is 10.2 Å². The number of hydrogen-bond donors (Lipinski definition) is 0. The number of fused-ring (bicyclic) bond motifs is 1. The molecular weight excluding hydrogens is 379 g/mol. The van der Waals surface area contributed by atoms with E-state index in [0.717, 1.165) is 0 Å². The van der Waals surface area contributed by atoms with E-state index in [1.165, 1.54) is 8.61 Å². The average Bonchev–Trinajstić information content (AvgIpc) is 2.80. The molecule has 126 valence electrons. The standard InChI is InChI=1S/C18H12Cl2N2O2S/c19-13-5-3-7-15(11-13)21-17-9-1-2-10-18(17)22(25(21,23)24)16-8-4-6-14(20)12-16/h1-12H. The van der Waals surface area contributed by atoms with Gasteiger partial charge in [-0.05, 0) is 48.5 Å². The fraction of sp³-hybridized carbons (Fsp3) is 0. The molecule has 3 aromatic carbocycles. The van der Waals surface area contributed by atoms with Crippen LogP contribution in [-0.2, 0) is 10.2 Å². The van der Waals surface area contributed by atoms with Crippen molar-refractivity contribution in [2.24, 2.45) is 0 Å². The molecular formula is C18H12Cl2N2O2S. The third-order valence-corrected chi connectivity index (χ3v) is 6.07. The number of halogens is 2. The summed E-state index contributed by atoms with van der Waals surface area (Å²) in [6.07, 6.45) is 0. The minimum Gasteiger partial charge on any atom is -0.219 e. The molecule has 0 fully saturated rings. The lowest BCUT2D eigenvalue weighted by atomic mass is 10.2. The van der Waals surface area contributed by atoms with Gasteiger partial charge in [0.05, 0.1) is 22.7 Å². The van der Waals surface area contributed by atoms with Crippen molar-refractivity contribution >= 4 is 56.2 Å². The SMILES string of the molecule is O=S1(=O)N(c2cccc(Cl)c2)c2ccccc2N1c1cccc(Cl)c1. The Bertz CT molecular complexity index is 991. The van der Waals surface area contributed by atoms with Crippen molar-refractivity contribution in [2.45, 2.75) is 0 Å². The molecule has 3 aromatic rings. The van der Waals surface area contributed by atoms with Crippen molar-refractivity contribution in [3.63, 3.8) is 0 Å². The first kappa shape index (κ1) is 16.3. The number of benzene rings is 3. The highest BCUT2D eigenvalue weighted by atomic mass is 35.5. The molecule has 0 radical (unpaired) electrons. The van der Waals surface area contributed by atoms with Gasteiger partial charge in [0, 0.05) is 10.0 Å². The van der Waals surface area contributed by atoms with Crippen LogP contribution in [0, 0.1) is 0 Å². The Morgan fingerprint density at radius 2 is 1.08 bits per heavy atom. The first-order valence-electron chi connectivity index (χ1n) is 7.44. The van der Waals surface area contributed by atoms with Crippen molar-refractivity contribution in [2.75, 3.05) is 8.61 Å². The highest BCUT2D eigenvalue weighted by Crippen LogP contribution is 2.49. The molecule has 0 spiro atoms. The zero-order valence-corrected chi connectivity index (χ0v) is 15.1. The topological polar surface area (TPSA) is 40.6 Å². The van der Waals surface area contributed by atoms with Gasteiger partial charge in [-0.2, -0.15) is 8.42 Å². The fourth-order valence-corrected chi connectivity index (χ4v) is 4.99. The molecule has 1 aliphatic rings. The Hall–Kier alpha value is -2.21. The monoisotopic (exact) mass is 390 g/mol. The van der Waals surface area contributed by atoms with Gasteiger partial charge in [0.25, 0.3) is 0 Å². The number of hydrogen-bond acceptors (Lipinski definition) is 2. The Labute approximate surface area is 156 Å². The van der Waals surface area contributed by atoms with Crippen molar-refractivity contribution < 1.29 is 8.42 Å². The van der Waals surface area contributed by atoms with Gasteiger partial charge in [-0.25, -0.2) is 8.61 Å². The zero-order chi connectivity index (χ0) is 17.6. The lowest BCUT2D eigenvalue weighted by molar-refractivity contribution is 0.598. The summed E-state index contributed by atoms with van der Waals surface area (Å²) in [7, 11) is -3.88. The number of para-hydroxylation sites is 2. The molecule has 7 heteroatoms. The van der Waals surface area contributed by atoms with Crippen LogP contribution in [0.4, 0.5) is 22.7 Å². The van der Waals surface area contributed by atoms with Crippen LogP contribution in [0.1, 0.15) is 0 Å². The minimum absolute atomic E-state index is 0.464. The van der Waals surface area contributed by atoms with Crippen LogP contribution in [0.5, 0.6) is 0 Å². The summed E-state index contributed by atoms with van der Waals surface area (Å²) in [4.78, 5) is 0. The Morgan fingerprint density at radius 1 is 0.640 bits per heavy atom. The fourth-order valence-electron chi connectivity index (χ4n) is 2.89. The van der Waals surface area contributed by atoms with Crippen LogP contribution in [0.2, 0.25) is 10.0 Å². The molecule has 25 heavy (non-hydrogen) atoms. The molecule has 4 nitrogen and oxygen atoms in total. The van der Waals surface area contributed by atoms with Crippen LogP contribution >= 0.6 is 23.2 Å². The molecule has 0 unspecified atom stereocenters. The Kier molecular flexibility index (Phi) is 3.87. The van der Waals surface area contributed by atoms with Gasteiger partial charge in [-0.1, -0.05) is 47.5 Å². The largest absolute Gasteiger partial charge is 0.335 e. The molecule has 0 bridgehead atoms. The van der Waals surface area contributed by atoms with Gasteiger partial charge in [-0.3, -0.25) is 0 Å². The summed E-state index contributed by atoms with van der Waals surface area (Å²) in [6.45, 7) is 0. The third-order valence-electron chi connectivity index (χ3n) is 3.87. The Morgan fingerprint density at radius 3 is 1.48 bits per heavy atom. The second kappa shape index (κ2) is 5.95. The first-order chi connectivity index (χ1) is 12.0. The quantitative estimate of drug-likeness (QED) is 0.577. The summed E-state index contributed by atoms with van der Waals surface area (Å²) in [5.41, 5.74) is 2.07. The number of rotatable bonds is 2. The zero-order valence-electron chi connectivity index (χ0n) is 12.8. The van der Waals surface area contributed by atoms with E-state index < -0.39 is 10.2 Å². The molecule has 0 amide bonds. The molecule has 0 aromatic heterocycles. The maximum Gasteiger partial charge on any atom is 0.335 e. The molecule has 0 atom stereocenters. The van der Waals surface area contributed by atoms with Gasteiger partial charge in [-0.15, -0.1) is 0 Å². The molecule has 0 aliphatic carbocycles. The van der Waals surface area contributed by atoms with Gasteiger partial charge in [0.15, 0.2) is 0 Å². The van der Waals surface area contributed by atoms with Crippen molar-refractivity contribution in [1.29, 1.82) is 0 Å². The van der Waals surface area contributed by atoms with Crippen molar-refractivity contribution in [3.8, 4) is 0 Å². The molecule has 0 saturated heterocycles. The molecule has 0 N–H and O–H groups in total. The molecule has 0 saturated carbocycles. The van der Waals surface area contributed by atoms with Crippen LogP contribution < -0.4 is 8.61 Å². The normalized spacial score (nSPS) is 15.3. The van der Waals surface area contributed by atoms with Crippen LogP contribution in [0.3, 0.4) is 0 Å². The minimum atomic E-state index is -3.88. The van der Waals surface area contributed by atoms with Gasteiger partial charge in [0.1, 0.15) is 0 Å². The van der Waals surface area contributed by atoms with E-state index in [-0.39, 0.29) is 0 Å². The summed E-state index contributed by atoms with van der Waals surface area (Å²) in [5.74, 6) is 0. The maximum atomic E-state index is 13.3. The maximum absolute atomic E-state index is 13.3. The van der Waals surface area contributed by atoms with E-state index in [2.05, 4.69) is 0 Å². The third kappa shape index (κ3) is 2.65. The van der Waals surface area contributed by atoms with Crippen molar-refractivity contribution in [3.05, 3.63) is 82.8 Å². The van der Waals surface area contributed by atoms with Crippen LogP contribution in [-0.4, -0.2) is 8.42 Å². The van der Waals surface area contributed by atoms with Gasteiger partial charge in [0.2, 0.25) is 0 Å². The molecule has 4 rings (SSSR count). The summed E-state index contributed by atoms with van der Waals surface area (Å²) >= 11 is 12.1. The summed E-state index contributed by atoms with van der Waals surface area (Å²) in [5, 5.41) is 0.928. The number of anilines is 4. The van der Waals surface area contributed by atoms with E-state index in [4.69, 9.17) is 23.2 Å². The predicted molar refractivity (Wildman–Crippen MR) is 103 cm³/mol. The lowest BCUT2D eigenvalue weighted by Crippen LogP contribution is -2.32. The lowest BCUT2D eigenvalue weighted by Gasteiger charge is -2.22. The van der Waals surface area contributed by atoms with E-state index in [1.54, 1.807) is 72.8 Å². The number of nitrogens with zero attached hydrogens (tertiary/aromatic N) is 2. The summed E-state index contributed by atoms with van der Waals surface area (Å²) < 4.78 is 29.3. The van der Waals surface area contributed by atoms with Crippen molar-refractivity contribution in [1.82, 2.24) is 0 Å². The molecule has 1 heterocycles. The van der Waals surface area contributed by atoms with Crippen LogP contribution in [0.25, 0.3) is 0 Å². The van der Waals surface area contributed by atoms with E-state index in [1.807, 2.05) is 0 Å².